The van der Waals surface area contributed by atoms with Gasteiger partial charge in [-0.1, -0.05) is 11.6 Å². The van der Waals surface area contributed by atoms with Gasteiger partial charge in [-0.3, -0.25) is 0 Å². The molecule has 0 unspecified atom stereocenters. The number of anilines is 1. The highest BCUT2D eigenvalue weighted by Gasteiger charge is 2.12. The largest absolute Gasteiger partial charge is 0.354 e. The summed E-state index contributed by atoms with van der Waals surface area (Å²) in [6.07, 6.45) is 4.10. The van der Waals surface area contributed by atoms with Crippen molar-refractivity contribution in [3.8, 4) is 0 Å². The zero-order valence-electron chi connectivity index (χ0n) is 8.95. The average molecular weight is 263 g/mol. The molecule has 2 rings (SSSR count). The van der Waals surface area contributed by atoms with Gasteiger partial charge in [0, 0.05) is 12.7 Å². The minimum Gasteiger partial charge on any atom is -0.354 e. The molecular formula is C10H16Cl2N4. The predicted molar refractivity (Wildman–Crippen MR) is 68.4 cm³/mol. The molecule has 1 aromatic rings. The van der Waals surface area contributed by atoms with E-state index < -0.39 is 0 Å². The zero-order valence-corrected chi connectivity index (χ0v) is 10.5. The molecular weight excluding hydrogens is 247 g/mol. The summed E-state index contributed by atoms with van der Waals surface area (Å²) in [7, 11) is 0. The zero-order chi connectivity index (χ0) is 10.5. The molecule has 0 saturated carbocycles. The number of halogens is 2. The first kappa shape index (κ1) is 13.5. The van der Waals surface area contributed by atoms with E-state index in [1.54, 1.807) is 12.3 Å². The molecule has 0 amide bonds. The lowest BCUT2D eigenvalue weighted by Gasteiger charge is -2.22. The quantitative estimate of drug-likeness (QED) is 0.818. The van der Waals surface area contributed by atoms with E-state index in [0.29, 0.717) is 17.0 Å². The third-order valence-corrected chi connectivity index (χ3v) is 2.84. The topological polar surface area (TPSA) is 49.8 Å². The van der Waals surface area contributed by atoms with Crippen molar-refractivity contribution in [3.05, 3.63) is 17.4 Å². The van der Waals surface area contributed by atoms with Gasteiger partial charge in [0.1, 0.15) is 5.15 Å². The molecule has 6 heteroatoms. The number of hydrogen-bond donors (Lipinski definition) is 2. The molecule has 0 bridgehead atoms. The summed E-state index contributed by atoms with van der Waals surface area (Å²) in [5, 5.41) is 7.05. The molecule has 1 saturated heterocycles. The highest BCUT2D eigenvalue weighted by atomic mass is 35.5. The van der Waals surface area contributed by atoms with Gasteiger partial charge in [0.15, 0.2) is 0 Å². The van der Waals surface area contributed by atoms with Gasteiger partial charge in [-0.25, -0.2) is 9.97 Å². The van der Waals surface area contributed by atoms with E-state index in [1.807, 2.05) is 0 Å². The van der Waals surface area contributed by atoms with Crippen molar-refractivity contribution in [1.29, 1.82) is 0 Å². The number of rotatable bonds is 3. The Morgan fingerprint density at radius 1 is 1.44 bits per heavy atom. The Hall–Kier alpha value is -0.580. The summed E-state index contributed by atoms with van der Waals surface area (Å²) in [6.45, 7) is 3.16. The molecule has 1 fully saturated rings. The van der Waals surface area contributed by atoms with Crippen molar-refractivity contribution in [2.45, 2.75) is 12.8 Å². The second-order valence-electron chi connectivity index (χ2n) is 3.78. The van der Waals surface area contributed by atoms with Gasteiger partial charge in [-0.2, -0.15) is 0 Å². The normalized spacial score (nSPS) is 16.6. The van der Waals surface area contributed by atoms with Crippen LogP contribution < -0.4 is 10.6 Å². The molecule has 2 N–H and O–H groups in total. The number of nitrogens with zero attached hydrogens (tertiary/aromatic N) is 2. The van der Waals surface area contributed by atoms with Gasteiger partial charge in [-0.05, 0) is 37.9 Å². The number of piperidine rings is 1. The Morgan fingerprint density at radius 2 is 2.19 bits per heavy atom. The van der Waals surface area contributed by atoms with E-state index in [-0.39, 0.29) is 12.4 Å². The van der Waals surface area contributed by atoms with Crippen LogP contribution in [-0.4, -0.2) is 29.6 Å². The molecule has 16 heavy (non-hydrogen) atoms. The van der Waals surface area contributed by atoms with Crippen molar-refractivity contribution < 1.29 is 0 Å². The van der Waals surface area contributed by atoms with E-state index in [0.717, 1.165) is 19.6 Å². The van der Waals surface area contributed by atoms with Gasteiger partial charge < -0.3 is 10.6 Å². The third-order valence-electron chi connectivity index (χ3n) is 2.63. The van der Waals surface area contributed by atoms with Gasteiger partial charge in [0.05, 0.1) is 0 Å². The monoisotopic (exact) mass is 262 g/mol. The van der Waals surface area contributed by atoms with Crippen molar-refractivity contribution in [3.63, 3.8) is 0 Å². The van der Waals surface area contributed by atoms with Crippen LogP contribution in [0.2, 0.25) is 5.15 Å². The van der Waals surface area contributed by atoms with Crippen LogP contribution >= 0.6 is 24.0 Å². The third kappa shape index (κ3) is 4.12. The molecule has 1 aliphatic rings. The Balaban J connectivity index is 0.00000128. The summed E-state index contributed by atoms with van der Waals surface area (Å²) in [6, 6.07) is 1.68. The first-order valence-electron chi connectivity index (χ1n) is 5.28. The van der Waals surface area contributed by atoms with Crippen molar-refractivity contribution in [2.75, 3.05) is 25.0 Å². The Kier molecular flexibility index (Phi) is 5.80. The van der Waals surface area contributed by atoms with Gasteiger partial charge in [0.2, 0.25) is 5.95 Å². The van der Waals surface area contributed by atoms with Crippen LogP contribution in [-0.2, 0) is 0 Å². The van der Waals surface area contributed by atoms with E-state index in [1.165, 1.54) is 12.8 Å². The summed E-state index contributed by atoms with van der Waals surface area (Å²) >= 11 is 5.77. The number of hydrogen-bond acceptors (Lipinski definition) is 4. The number of nitrogens with one attached hydrogen (secondary N) is 2. The molecule has 0 aromatic carbocycles. The van der Waals surface area contributed by atoms with Crippen LogP contribution in [0.5, 0.6) is 0 Å². The molecule has 4 nitrogen and oxygen atoms in total. The number of aromatic nitrogens is 2. The molecule has 90 valence electrons. The van der Waals surface area contributed by atoms with Crippen LogP contribution in [0.1, 0.15) is 12.8 Å². The van der Waals surface area contributed by atoms with E-state index in [2.05, 4.69) is 20.6 Å². The minimum atomic E-state index is 0. The summed E-state index contributed by atoms with van der Waals surface area (Å²) in [5.41, 5.74) is 0. The lowest BCUT2D eigenvalue weighted by molar-refractivity contribution is 0.389. The van der Waals surface area contributed by atoms with Crippen molar-refractivity contribution >= 4 is 30.0 Å². The fourth-order valence-electron chi connectivity index (χ4n) is 1.74. The van der Waals surface area contributed by atoms with E-state index in [9.17, 15) is 0 Å². The van der Waals surface area contributed by atoms with Gasteiger partial charge in [-0.15, -0.1) is 12.4 Å². The first-order chi connectivity index (χ1) is 7.34. The predicted octanol–water partition coefficient (Wildman–Crippen LogP) is 1.96. The highest BCUT2D eigenvalue weighted by Crippen LogP contribution is 2.12. The smallest absolute Gasteiger partial charge is 0.224 e. The molecule has 2 heterocycles. The highest BCUT2D eigenvalue weighted by molar-refractivity contribution is 6.29. The maximum Gasteiger partial charge on any atom is 0.224 e. The Labute approximate surface area is 107 Å². The lowest BCUT2D eigenvalue weighted by atomic mass is 9.98. The minimum absolute atomic E-state index is 0. The first-order valence-corrected chi connectivity index (χ1v) is 5.65. The Bertz CT molecular complexity index is 315. The van der Waals surface area contributed by atoms with E-state index in [4.69, 9.17) is 11.6 Å². The fraction of sp³-hybridized carbons (Fsp3) is 0.600. The molecule has 1 aromatic heterocycles. The molecule has 0 spiro atoms. The van der Waals surface area contributed by atoms with Gasteiger partial charge in [0.25, 0.3) is 0 Å². The van der Waals surface area contributed by atoms with Gasteiger partial charge >= 0.3 is 0 Å². The molecule has 0 aliphatic carbocycles. The molecule has 1 aliphatic heterocycles. The van der Waals surface area contributed by atoms with Crippen molar-refractivity contribution in [2.24, 2.45) is 5.92 Å². The van der Waals surface area contributed by atoms with Crippen LogP contribution in [0, 0.1) is 5.92 Å². The van der Waals surface area contributed by atoms with Crippen LogP contribution in [0.3, 0.4) is 0 Å². The molecule has 0 radical (unpaired) electrons. The lowest BCUT2D eigenvalue weighted by Crippen LogP contribution is -2.31. The average Bonchev–Trinajstić information content (AvgIpc) is 2.28. The Morgan fingerprint density at radius 3 is 2.88 bits per heavy atom. The summed E-state index contributed by atoms with van der Waals surface area (Å²) in [4.78, 5) is 8.19. The second-order valence-corrected chi connectivity index (χ2v) is 4.16. The van der Waals surface area contributed by atoms with Crippen LogP contribution in [0.25, 0.3) is 0 Å². The SMILES string of the molecule is Cl.Clc1ccnc(NCC2CCNCC2)n1. The maximum atomic E-state index is 5.77. The second kappa shape index (κ2) is 6.89. The summed E-state index contributed by atoms with van der Waals surface area (Å²) in [5.74, 6) is 1.34. The summed E-state index contributed by atoms with van der Waals surface area (Å²) < 4.78 is 0. The maximum absolute atomic E-state index is 5.77. The van der Waals surface area contributed by atoms with Crippen LogP contribution in [0.15, 0.2) is 12.3 Å². The van der Waals surface area contributed by atoms with Crippen LogP contribution in [0.4, 0.5) is 5.95 Å². The van der Waals surface area contributed by atoms with Crippen molar-refractivity contribution in [1.82, 2.24) is 15.3 Å². The fourth-order valence-corrected chi connectivity index (χ4v) is 1.88. The molecule has 0 atom stereocenters. The van der Waals surface area contributed by atoms with E-state index >= 15 is 0 Å². The standard InChI is InChI=1S/C10H15ClN4.ClH/c11-9-3-6-13-10(15-9)14-7-8-1-4-12-5-2-8;/h3,6,8,12H,1-2,4-5,7H2,(H,13,14,15);1H.